The summed E-state index contributed by atoms with van der Waals surface area (Å²) in [5.74, 6) is -0.243. The van der Waals surface area contributed by atoms with Gasteiger partial charge in [-0.2, -0.15) is 0 Å². The van der Waals surface area contributed by atoms with Gasteiger partial charge in [-0.25, -0.2) is 4.98 Å². The third kappa shape index (κ3) is 3.93. The number of nitrogens with one attached hydrogen (secondary N) is 1. The zero-order chi connectivity index (χ0) is 14.5. The largest absolute Gasteiger partial charge is 0.350 e. The lowest BCUT2D eigenvalue weighted by Gasteiger charge is -2.07. The van der Waals surface area contributed by atoms with Gasteiger partial charge in [0.25, 0.3) is 5.56 Å². The van der Waals surface area contributed by atoms with Crippen LogP contribution in [0.5, 0.6) is 0 Å². The van der Waals surface area contributed by atoms with Crippen LogP contribution < -0.4 is 10.9 Å². The predicted octanol–water partition coefficient (Wildman–Crippen LogP) is 1.52. The number of hydrogen-bond acceptors (Lipinski definition) is 3. The van der Waals surface area contributed by atoms with E-state index in [0.29, 0.717) is 17.3 Å². The Morgan fingerprint density at radius 3 is 2.70 bits per heavy atom. The van der Waals surface area contributed by atoms with Crippen molar-refractivity contribution in [3.05, 3.63) is 63.3 Å². The summed E-state index contributed by atoms with van der Waals surface area (Å²) in [6, 6.07) is 8.59. The van der Waals surface area contributed by atoms with Gasteiger partial charge in [0.1, 0.15) is 6.54 Å². The van der Waals surface area contributed by atoms with Crippen molar-refractivity contribution in [2.24, 2.45) is 0 Å². The average molecular weight is 292 g/mol. The first-order chi connectivity index (χ1) is 9.54. The van der Waals surface area contributed by atoms with E-state index in [1.54, 1.807) is 19.1 Å². The number of benzene rings is 1. The van der Waals surface area contributed by atoms with Gasteiger partial charge < -0.3 is 5.32 Å². The van der Waals surface area contributed by atoms with E-state index in [0.717, 1.165) is 5.56 Å². The van der Waals surface area contributed by atoms with Gasteiger partial charge in [-0.15, -0.1) is 0 Å². The smallest absolute Gasteiger partial charge is 0.253 e. The molecule has 0 atom stereocenters. The summed E-state index contributed by atoms with van der Waals surface area (Å²) in [6.45, 7) is 2.08. The first-order valence-electron chi connectivity index (χ1n) is 6.09. The van der Waals surface area contributed by atoms with Crippen LogP contribution in [0.25, 0.3) is 0 Å². The molecule has 104 valence electrons. The lowest BCUT2D eigenvalue weighted by atomic mass is 10.2. The molecule has 1 N–H and O–H groups in total. The van der Waals surface area contributed by atoms with Crippen LogP contribution in [-0.2, 0) is 17.9 Å². The van der Waals surface area contributed by atoms with E-state index in [1.165, 1.54) is 17.0 Å². The van der Waals surface area contributed by atoms with Crippen molar-refractivity contribution in [1.29, 1.82) is 0 Å². The predicted molar refractivity (Wildman–Crippen MR) is 76.5 cm³/mol. The van der Waals surface area contributed by atoms with Crippen LogP contribution in [0, 0.1) is 6.92 Å². The maximum atomic E-state index is 11.8. The van der Waals surface area contributed by atoms with E-state index in [4.69, 9.17) is 11.6 Å². The Kier molecular flexibility index (Phi) is 4.53. The van der Waals surface area contributed by atoms with Crippen molar-refractivity contribution >= 4 is 17.5 Å². The molecule has 6 heteroatoms. The molecule has 1 aromatic heterocycles. The minimum absolute atomic E-state index is 0.0420. The Bertz CT molecular complexity index is 665. The van der Waals surface area contributed by atoms with Crippen molar-refractivity contribution in [3.8, 4) is 0 Å². The molecule has 1 aromatic carbocycles. The molecule has 0 spiro atoms. The number of aromatic nitrogens is 2. The first-order valence-corrected chi connectivity index (χ1v) is 6.46. The zero-order valence-electron chi connectivity index (χ0n) is 11.0. The molecule has 5 nitrogen and oxygen atoms in total. The minimum atomic E-state index is -0.243. The van der Waals surface area contributed by atoms with Crippen LogP contribution in [-0.4, -0.2) is 15.5 Å². The highest BCUT2D eigenvalue weighted by atomic mass is 35.5. The van der Waals surface area contributed by atoms with Gasteiger partial charge in [-0.3, -0.25) is 14.2 Å². The highest BCUT2D eigenvalue weighted by Gasteiger charge is 2.05. The molecule has 20 heavy (non-hydrogen) atoms. The second kappa shape index (κ2) is 6.34. The van der Waals surface area contributed by atoms with Crippen molar-refractivity contribution in [2.75, 3.05) is 0 Å². The van der Waals surface area contributed by atoms with E-state index < -0.39 is 0 Å². The third-order valence-electron chi connectivity index (χ3n) is 2.73. The van der Waals surface area contributed by atoms with E-state index in [2.05, 4.69) is 10.3 Å². The summed E-state index contributed by atoms with van der Waals surface area (Å²) in [4.78, 5) is 27.4. The average Bonchev–Trinajstić information content (AvgIpc) is 2.41. The molecule has 0 radical (unpaired) electrons. The number of hydrogen-bond donors (Lipinski definition) is 1. The third-order valence-corrected chi connectivity index (χ3v) is 2.99. The Labute approximate surface area is 121 Å². The van der Waals surface area contributed by atoms with Gasteiger partial charge in [0, 0.05) is 23.3 Å². The second-order valence-electron chi connectivity index (χ2n) is 4.40. The first kappa shape index (κ1) is 14.3. The van der Waals surface area contributed by atoms with Crippen molar-refractivity contribution in [3.63, 3.8) is 0 Å². The second-order valence-corrected chi connectivity index (χ2v) is 4.84. The molecule has 0 aliphatic heterocycles. The highest BCUT2D eigenvalue weighted by Crippen LogP contribution is 2.08. The summed E-state index contributed by atoms with van der Waals surface area (Å²) in [6.07, 6.45) is 1.37. The molecule has 2 rings (SSSR count). The Morgan fingerprint density at radius 2 is 2.05 bits per heavy atom. The standard InChI is InChI=1S/C14H14ClN3O2/c1-10-6-14(20)18(9-17-10)8-13(19)16-7-11-2-4-12(15)5-3-11/h2-6,9H,7-8H2,1H3,(H,16,19). The van der Waals surface area contributed by atoms with Gasteiger partial charge in [0.2, 0.25) is 5.91 Å². The highest BCUT2D eigenvalue weighted by molar-refractivity contribution is 6.30. The van der Waals surface area contributed by atoms with Crippen LogP contribution >= 0.6 is 11.6 Å². The number of carbonyl (C=O) groups excluding carboxylic acids is 1. The van der Waals surface area contributed by atoms with Crippen molar-refractivity contribution in [2.45, 2.75) is 20.0 Å². The van der Waals surface area contributed by atoms with Gasteiger partial charge >= 0.3 is 0 Å². The summed E-state index contributed by atoms with van der Waals surface area (Å²) in [5.41, 5.74) is 1.34. The van der Waals surface area contributed by atoms with Gasteiger partial charge in [-0.1, -0.05) is 23.7 Å². The van der Waals surface area contributed by atoms with Crippen molar-refractivity contribution < 1.29 is 4.79 Å². The van der Waals surface area contributed by atoms with Crippen molar-refractivity contribution in [1.82, 2.24) is 14.9 Å². The zero-order valence-corrected chi connectivity index (χ0v) is 11.7. The van der Waals surface area contributed by atoms with E-state index in [-0.39, 0.29) is 18.0 Å². The molecule has 0 aliphatic carbocycles. The molecule has 1 amide bonds. The molecule has 1 heterocycles. The molecule has 0 unspecified atom stereocenters. The van der Waals surface area contributed by atoms with Crippen LogP contribution in [0.3, 0.4) is 0 Å². The molecule has 0 saturated carbocycles. The number of nitrogens with zero attached hydrogens (tertiary/aromatic N) is 2. The number of amides is 1. The maximum absolute atomic E-state index is 11.8. The van der Waals surface area contributed by atoms with Crippen LogP contribution in [0.1, 0.15) is 11.3 Å². The van der Waals surface area contributed by atoms with E-state index in [1.807, 2.05) is 12.1 Å². The molecular weight excluding hydrogens is 278 g/mol. The summed E-state index contributed by atoms with van der Waals surface area (Å²) >= 11 is 5.78. The van der Waals surface area contributed by atoms with Crippen LogP contribution in [0.4, 0.5) is 0 Å². The van der Waals surface area contributed by atoms with Gasteiger partial charge in [-0.05, 0) is 24.6 Å². The summed E-state index contributed by atoms with van der Waals surface area (Å²) < 4.78 is 1.27. The number of halogens is 1. The van der Waals surface area contributed by atoms with Crippen LogP contribution in [0.15, 0.2) is 41.5 Å². The maximum Gasteiger partial charge on any atom is 0.253 e. The van der Waals surface area contributed by atoms with Gasteiger partial charge in [0.15, 0.2) is 0 Å². The molecule has 0 fully saturated rings. The monoisotopic (exact) mass is 291 g/mol. The number of aryl methyl sites for hydroxylation is 1. The Morgan fingerprint density at radius 1 is 1.35 bits per heavy atom. The van der Waals surface area contributed by atoms with Gasteiger partial charge in [0.05, 0.1) is 6.33 Å². The Balaban J connectivity index is 1.92. The fourth-order valence-corrected chi connectivity index (χ4v) is 1.77. The fraction of sp³-hybridized carbons (Fsp3) is 0.214. The topological polar surface area (TPSA) is 64.0 Å². The molecule has 0 aliphatic rings. The number of carbonyl (C=O) groups is 1. The quantitative estimate of drug-likeness (QED) is 0.929. The molecular formula is C14H14ClN3O2. The minimum Gasteiger partial charge on any atom is -0.350 e. The Hall–Kier alpha value is -2.14. The van der Waals surface area contributed by atoms with E-state index in [9.17, 15) is 9.59 Å². The van der Waals surface area contributed by atoms with Crippen LogP contribution in [0.2, 0.25) is 5.02 Å². The lowest BCUT2D eigenvalue weighted by Crippen LogP contribution is -2.32. The lowest BCUT2D eigenvalue weighted by molar-refractivity contribution is -0.121. The summed E-state index contributed by atoms with van der Waals surface area (Å²) in [7, 11) is 0. The molecule has 2 aromatic rings. The molecule has 0 bridgehead atoms. The normalized spacial score (nSPS) is 10.3. The SMILES string of the molecule is Cc1cc(=O)n(CC(=O)NCc2ccc(Cl)cc2)cn1. The number of rotatable bonds is 4. The summed E-state index contributed by atoms with van der Waals surface area (Å²) in [5, 5.41) is 3.39. The molecule has 0 saturated heterocycles. The fourth-order valence-electron chi connectivity index (χ4n) is 1.65. The van der Waals surface area contributed by atoms with E-state index >= 15 is 0 Å².